The van der Waals surface area contributed by atoms with Crippen LogP contribution >= 0.6 is 0 Å². The van der Waals surface area contributed by atoms with Gasteiger partial charge in [-0.3, -0.25) is 0 Å². The molecule has 11 aromatic carbocycles. The van der Waals surface area contributed by atoms with Crippen molar-refractivity contribution in [2.24, 2.45) is 0 Å². The van der Waals surface area contributed by atoms with Crippen molar-refractivity contribution in [1.82, 2.24) is 4.57 Å². The third kappa shape index (κ3) is 6.72. The summed E-state index contributed by atoms with van der Waals surface area (Å²) in [6, 6.07) is 102. The van der Waals surface area contributed by atoms with Crippen molar-refractivity contribution < 1.29 is 0 Å². The second kappa shape index (κ2) is 16.7. The van der Waals surface area contributed by atoms with Gasteiger partial charge in [-0.2, -0.15) is 0 Å². The Bertz CT molecular complexity index is 3780. The summed E-state index contributed by atoms with van der Waals surface area (Å²) < 4.78 is 2.38. The SMILES string of the molecule is c1ccc(-c2cc(-c3cccc(N(c4ccccc4)c4ccc5c(c4)C(c4ccccc4)(c4ccccc4)c4ccccc4-5)c3)cc(-c3ccc4c(c3)c3ccccc3n4-c3ccccc3)c2)cc1. The van der Waals surface area contributed by atoms with Crippen molar-refractivity contribution in [2.45, 2.75) is 5.41 Å². The molecule has 69 heavy (non-hydrogen) atoms. The summed E-state index contributed by atoms with van der Waals surface area (Å²) in [5.74, 6) is 0. The van der Waals surface area contributed by atoms with E-state index in [-0.39, 0.29) is 0 Å². The molecule has 2 heteroatoms. The fraction of sp³-hybridized carbons (Fsp3) is 0.0149. The first-order valence-electron chi connectivity index (χ1n) is 23.8. The van der Waals surface area contributed by atoms with Crippen LogP contribution in [0.5, 0.6) is 0 Å². The number of para-hydroxylation sites is 3. The molecular formula is C67H46N2. The predicted molar refractivity (Wildman–Crippen MR) is 289 cm³/mol. The minimum Gasteiger partial charge on any atom is -0.310 e. The van der Waals surface area contributed by atoms with Gasteiger partial charge in [0.25, 0.3) is 0 Å². The molecule has 324 valence electrons. The summed E-state index contributed by atoms with van der Waals surface area (Å²) in [7, 11) is 0. The highest BCUT2D eigenvalue weighted by atomic mass is 15.1. The molecule has 0 spiro atoms. The van der Waals surface area contributed by atoms with Crippen LogP contribution in [-0.4, -0.2) is 4.57 Å². The van der Waals surface area contributed by atoms with Gasteiger partial charge < -0.3 is 9.47 Å². The van der Waals surface area contributed by atoms with Gasteiger partial charge in [0, 0.05) is 33.5 Å². The lowest BCUT2D eigenvalue weighted by molar-refractivity contribution is 0.768. The highest BCUT2D eigenvalue weighted by Crippen LogP contribution is 2.57. The molecular weight excluding hydrogens is 833 g/mol. The topological polar surface area (TPSA) is 8.17 Å². The number of aromatic nitrogens is 1. The lowest BCUT2D eigenvalue weighted by Gasteiger charge is -2.35. The zero-order chi connectivity index (χ0) is 45.7. The van der Waals surface area contributed by atoms with Crippen LogP contribution in [0.4, 0.5) is 17.1 Å². The molecule has 1 aliphatic carbocycles. The predicted octanol–water partition coefficient (Wildman–Crippen LogP) is 17.6. The van der Waals surface area contributed by atoms with Crippen LogP contribution in [-0.2, 0) is 5.41 Å². The molecule has 0 radical (unpaired) electrons. The average Bonchev–Trinajstić information content (AvgIpc) is 3.92. The van der Waals surface area contributed by atoms with Crippen molar-refractivity contribution in [3.8, 4) is 50.2 Å². The minimum absolute atomic E-state index is 0.511. The zero-order valence-electron chi connectivity index (χ0n) is 38.0. The van der Waals surface area contributed by atoms with Gasteiger partial charge in [-0.15, -0.1) is 0 Å². The number of nitrogens with zero attached hydrogens (tertiary/aromatic N) is 2. The summed E-state index contributed by atoms with van der Waals surface area (Å²) in [6.45, 7) is 0. The molecule has 0 atom stereocenters. The standard InChI is InChI=1S/C67H46N2/c1-6-21-47(22-7-1)50-41-51(43-52(42-50)49-37-40-66-62(45-49)61-34-17-19-36-65(61)69(66)56-30-14-5-15-31-56)48-23-20-32-57(44-48)68(55-28-12-4-13-29-55)58-38-39-60-59-33-16-18-35-63(59)67(64(60)46-58,53-24-8-2-9-25-53)54-26-10-3-11-27-54/h1-46H. The quantitative estimate of drug-likeness (QED) is 0.140. The normalized spacial score (nSPS) is 12.5. The highest BCUT2D eigenvalue weighted by molar-refractivity contribution is 6.10. The van der Waals surface area contributed by atoms with Crippen molar-refractivity contribution >= 4 is 38.9 Å². The summed E-state index contributed by atoms with van der Waals surface area (Å²) in [5, 5.41) is 2.48. The number of hydrogen-bond donors (Lipinski definition) is 0. The van der Waals surface area contributed by atoms with Crippen LogP contribution in [0.25, 0.3) is 72.0 Å². The molecule has 0 bridgehead atoms. The van der Waals surface area contributed by atoms with E-state index in [2.05, 4.69) is 289 Å². The van der Waals surface area contributed by atoms with E-state index in [9.17, 15) is 0 Å². The van der Waals surface area contributed by atoms with Crippen molar-refractivity contribution in [2.75, 3.05) is 4.90 Å². The van der Waals surface area contributed by atoms with Crippen molar-refractivity contribution in [3.05, 3.63) is 301 Å². The number of fused-ring (bicyclic) bond motifs is 6. The van der Waals surface area contributed by atoms with Gasteiger partial charge in [0.05, 0.1) is 16.4 Å². The molecule has 0 N–H and O–H groups in total. The smallest absolute Gasteiger partial charge is 0.0714 e. The van der Waals surface area contributed by atoms with Gasteiger partial charge in [-0.25, -0.2) is 0 Å². The largest absolute Gasteiger partial charge is 0.310 e. The molecule has 1 aromatic heterocycles. The van der Waals surface area contributed by atoms with E-state index in [0.717, 1.165) is 33.9 Å². The number of hydrogen-bond acceptors (Lipinski definition) is 1. The average molecular weight is 879 g/mol. The molecule has 0 saturated carbocycles. The van der Waals surface area contributed by atoms with E-state index >= 15 is 0 Å². The summed E-state index contributed by atoms with van der Waals surface area (Å²) in [5.41, 5.74) is 21.0. The maximum absolute atomic E-state index is 2.45. The van der Waals surface area contributed by atoms with E-state index in [1.54, 1.807) is 0 Å². The number of benzene rings is 11. The molecule has 13 rings (SSSR count). The van der Waals surface area contributed by atoms with E-state index in [1.807, 2.05) is 0 Å². The summed E-state index contributed by atoms with van der Waals surface area (Å²) in [4.78, 5) is 2.42. The Morgan fingerprint density at radius 3 is 1.49 bits per heavy atom. The molecule has 0 fully saturated rings. The Labute approximate surface area is 403 Å². The van der Waals surface area contributed by atoms with Gasteiger partial charge >= 0.3 is 0 Å². The lowest BCUT2D eigenvalue weighted by Crippen LogP contribution is -2.28. The third-order valence-corrected chi connectivity index (χ3v) is 14.2. The fourth-order valence-electron chi connectivity index (χ4n) is 11.2. The van der Waals surface area contributed by atoms with Gasteiger partial charge in [-0.1, -0.05) is 194 Å². The van der Waals surface area contributed by atoms with Crippen LogP contribution in [0.15, 0.2) is 279 Å². The second-order valence-corrected chi connectivity index (χ2v) is 18.1. The van der Waals surface area contributed by atoms with Crippen LogP contribution in [0.2, 0.25) is 0 Å². The molecule has 12 aromatic rings. The fourth-order valence-corrected chi connectivity index (χ4v) is 11.2. The van der Waals surface area contributed by atoms with Crippen molar-refractivity contribution in [3.63, 3.8) is 0 Å². The molecule has 1 aliphatic rings. The first-order valence-corrected chi connectivity index (χ1v) is 23.8. The first-order chi connectivity index (χ1) is 34.2. The number of anilines is 3. The summed E-state index contributed by atoms with van der Waals surface area (Å²) in [6.07, 6.45) is 0. The Balaban J connectivity index is 0.980. The molecule has 2 nitrogen and oxygen atoms in total. The molecule has 0 amide bonds. The van der Waals surface area contributed by atoms with E-state index < -0.39 is 5.41 Å². The van der Waals surface area contributed by atoms with Gasteiger partial charge in [0.15, 0.2) is 0 Å². The highest BCUT2D eigenvalue weighted by Gasteiger charge is 2.46. The van der Waals surface area contributed by atoms with E-state index in [1.165, 1.54) is 77.4 Å². The maximum Gasteiger partial charge on any atom is 0.0714 e. The van der Waals surface area contributed by atoms with Gasteiger partial charge in [-0.05, 0) is 152 Å². The Morgan fingerprint density at radius 1 is 0.275 bits per heavy atom. The van der Waals surface area contributed by atoms with Crippen LogP contribution in [0.3, 0.4) is 0 Å². The molecule has 1 heterocycles. The van der Waals surface area contributed by atoms with Gasteiger partial charge in [0.2, 0.25) is 0 Å². The summed E-state index contributed by atoms with van der Waals surface area (Å²) >= 11 is 0. The maximum atomic E-state index is 2.45. The lowest BCUT2D eigenvalue weighted by atomic mass is 9.67. The van der Waals surface area contributed by atoms with Crippen LogP contribution in [0.1, 0.15) is 22.3 Å². The molecule has 0 aliphatic heterocycles. The third-order valence-electron chi connectivity index (χ3n) is 14.2. The van der Waals surface area contributed by atoms with Crippen molar-refractivity contribution in [1.29, 1.82) is 0 Å². The monoisotopic (exact) mass is 878 g/mol. The van der Waals surface area contributed by atoms with Crippen LogP contribution in [0, 0.1) is 0 Å². The minimum atomic E-state index is -0.511. The number of rotatable bonds is 9. The Morgan fingerprint density at radius 2 is 0.783 bits per heavy atom. The van der Waals surface area contributed by atoms with Gasteiger partial charge in [0.1, 0.15) is 0 Å². The zero-order valence-corrected chi connectivity index (χ0v) is 38.0. The Hall–Kier alpha value is -8.98. The Kier molecular flexibility index (Phi) is 9.77. The molecule has 0 unspecified atom stereocenters. The molecule has 0 saturated heterocycles. The second-order valence-electron chi connectivity index (χ2n) is 18.1. The van der Waals surface area contributed by atoms with E-state index in [0.29, 0.717) is 0 Å². The first kappa shape index (κ1) is 40.3. The van der Waals surface area contributed by atoms with Crippen LogP contribution < -0.4 is 4.90 Å². The van der Waals surface area contributed by atoms with E-state index in [4.69, 9.17) is 0 Å².